The fourth-order valence-electron chi connectivity index (χ4n) is 1.71. The first-order valence-electron chi connectivity index (χ1n) is 5.92. The van der Waals surface area contributed by atoms with Crippen LogP contribution in [-0.4, -0.2) is 21.8 Å². The van der Waals surface area contributed by atoms with Crippen molar-refractivity contribution in [1.29, 1.82) is 0 Å². The van der Waals surface area contributed by atoms with Gasteiger partial charge in [0.05, 0.1) is 5.69 Å². The standard InChI is InChI=1S/C13H18N4O/c1-9-7-13(17(4)16-9)18-12-8-11(5-6-15-12)10(2)14-3/h5-8,10,14H,1-4H3. The van der Waals surface area contributed by atoms with Crippen molar-refractivity contribution in [2.45, 2.75) is 19.9 Å². The zero-order valence-electron chi connectivity index (χ0n) is 11.1. The number of aromatic nitrogens is 3. The summed E-state index contributed by atoms with van der Waals surface area (Å²) in [6, 6.07) is 6.06. The van der Waals surface area contributed by atoms with Gasteiger partial charge in [-0.05, 0) is 32.5 Å². The molecule has 0 aliphatic heterocycles. The van der Waals surface area contributed by atoms with E-state index in [1.165, 1.54) is 0 Å². The Morgan fingerprint density at radius 1 is 1.39 bits per heavy atom. The van der Waals surface area contributed by atoms with Crippen LogP contribution in [0.25, 0.3) is 0 Å². The maximum Gasteiger partial charge on any atom is 0.221 e. The quantitative estimate of drug-likeness (QED) is 0.898. The molecule has 1 unspecified atom stereocenters. The Bertz CT molecular complexity index is 536. The van der Waals surface area contributed by atoms with Crippen LogP contribution in [0.1, 0.15) is 24.2 Å². The number of nitrogens with one attached hydrogen (secondary N) is 1. The predicted octanol–water partition coefficient (Wildman–Crippen LogP) is 2.20. The summed E-state index contributed by atoms with van der Waals surface area (Å²) in [5.74, 6) is 1.27. The summed E-state index contributed by atoms with van der Waals surface area (Å²) in [5.41, 5.74) is 2.06. The first-order valence-corrected chi connectivity index (χ1v) is 5.92. The molecule has 0 spiro atoms. The minimum Gasteiger partial charge on any atom is -0.421 e. The van der Waals surface area contributed by atoms with Gasteiger partial charge in [-0.2, -0.15) is 5.10 Å². The summed E-state index contributed by atoms with van der Waals surface area (Å²) >= 11 is 0. The normalized spacial score (nSPS) is 12.4. The Labute approximate surface area is 107 Å². The third-order valence-electron chi connectivity index (χ3n) is 2.86. The van der Waals surface area contributed by atoms with Crippen LogP contribution in [-0.2, 0) is 7.05 Å². The van der Waals surface area contributed by atoms with E-state index in [0.29, 0.717) is 11.8 Å². The molecule has 1 atom stereocenters. The monoisotopic (exact) mass is 246 g/mol. The highest BCUT2D eigenvalue weighted by Gasteiger charge is 2.08. The van der Waals surface area contributed by atoms with E-state index in [1.54, 1.807) is 10.9 Å². The molecule has 0 fully saturated rings. The van der Waals surface area contributed by atoms with Crippen molar-refractivity contribution in [3.05, 3.63) is 35.7 Å². The van der Waals surface area contributed by atoms with E-state index in [9.17, 15) is 0 Å². The van der Waals surface area contributed by atoms with Gasteiger partial charge in [0, 0.05) is 31.4 Å². The fraction of sp³-hybridized carbons (Fsp3) is 0.385. The van der Waals surface area contributed by atoms with Crippen molar-refractivity contribution in [3.8, 4) is 11.8 Å². The Hall–Kier alpha value is -1.88. The molecule has 5 nitrogen and oxygen atoms in total. The van der Waals surface area contributed by atoms with E-state index in [2.05, 4.69) is 22.3 Å². The maximum absolute atomic E-state index is 5.73. The zero-order valence-corrected chi connectivity index (χ0v) is 11.1. The van der Waals surface area contributed by atoms with Crippen LogP contribution < -0.4 is 10.1 Å². The number of ether oxygens (including phenoxy) is 1. The maximum atomic E-state index is 5.73. The van der Waals surface area contributed by atoms with Crippen LogP contribution in [0.15, 0.2) is 24.4 Å². The van der Waals surface area contributed by atoms with E-state index in [4.69, 9.17) is 4.74 Å². The number of nitrogens with zero attached hydrogens (tertiary/aromatic N) is 3. The lowest BCUT2D eigenvalue weighted by Gasteiger charge is -2.11. The summed E-state index contributed by atoms with van der Waals surface area (Å²) < 4.78 is 7.43. The number of hydrogen-bond donors (Lipinski definition) is 1. The lowest BCUT2D eigenvalue weighted by molar-refractivity contribution is 0.414. The average Bonchev–Trinajstić information content (AvgIpc) is 2.67. The van der Waals surface area contributed by atoms with Gasteiger partial charge in [0.1, 0.15) is 0 Å². The Morgan fingerprint density at radius 3 is 2.78 bits per heavy atom. The lowest BCUT2D eigenvalue weighted by Crippen LogP contribution is -2.12. The molecule has 2 aromatic rings. The lowest BCUT2D eigenvalue weighted by atomic mass is 10.1. The molecule has 18 heavy (non-hydrogen) atoms. The summed E-state index contributed by atoms with van der Waals surface area (Å²) in [7, 11) is 3.78. The molecule has 0 bridgehead atoms. The summed E-state index contributed by atoms with van der Waals surface area (Å²) in [5, 5.41) is 7.42. The highest BCUT2D eigenvalue weighted by atomic mass is 16.5. The van der Waals surface area contributed by atoms with Gasteiger partial charge in [-0.15, -0.1) is 0 Å². The SMILES string of the molecule is CNC(C)c1ccnc(Oc2cc(C)nn2C)c1. The van der Waals surface area contributed by atoms with Gasteiger partial charge in [-0.3, -0.25) is 0 Å². The van der Waals surface area contributed by atoms with E-state index < -0.39 is 0 Å². The van der Waals surface area contributed by atoms with Crippen LogP contribution in [0.4, 0.5) is 0 Å². The van der Waals surface area contributed by atoms with Crippen molar-refractivity contribution in [3.63, 3.8) is 0 Å². The first-order chi connectivity index (χ1) is 8.60. The van der Waals surface area contributed by atoms with E-state index >= 15 is 0 Å². The topological polar surface area (TPSA) is 52.0 Å². The molecule has 2 heterocycles. The van der Waals surface area contributed by atoms with Gasteiger partial charge in [0.15, 0.2) is 0 Å². The summed E-state index contributed by atoms with van der Waals surface area (Å²) in [4.78, 5) is 4.21. The molecule has 0 aromatic carbocycles. The van der Waals surface area contributed by atoms with Gasteiger partial charge in [-0.1, -0.05) is 0 Å². The molecule has 0 saturated carbocycles. The second-order valence-electron chi connectivity index (χ2n) is 4.29. The molecule has 0 saturated heterocycles. The zero-order chi connectivity index (χ0) is 13.1. The van der Waals surface area contributed by atoms with Gasteiger partial charge in [0.25, 0.3) is 0 Å². The third-order valence-corrected chi connectivity index (χ3v) is 2.86. The largest absolute Gasteiger partial charge is 0.421 e. The Morgan fingerprint density at radius 2 is 2.17 bits per heavy atom. The third kappa shape index (κ3) is 2.68. The average molecular weight is 246 g/mol. The molecular weight excluding hydrogens is 228 g/mol. The van der Waals surface area contributed by atoms with Crippen molar-refractivity contribution < 1.29 is 4.74 Å². The molecule has 5 heteroatoms. The van der Waals surface area contributed by atoms with E-state index in [-0.39, 0.29) is 6.04 Å². The number of rotatable bonds is 4. The van der Waals surface area contributed by atoms with Gasteiger partial charge >= 0.3 is 0 Å². The molecule has 2 rings (SSSR count). The highest BCUT2D eigenvalue weighted by molar-refractivity contribution is 5.27. The molecular formula is C13H18N4O. The molecule has 0 amide bonds. The van der Waals surface area contributed by atoms with Crippen molar-refractivity contribution in [2.24, 2.45) is 7.05 Å². The molecule has 1 N–H and O–H groups in total. The molecule has 96 valence electrons. The van der Waals surface area contributed by atoms with Gasteiger partial charge in [-0.25, -0.2) is 9.67 Å². The second kappa shape index (κ2) is 5.18. The Balaban J connectivity index is 2.21. The summed E-state index contributed by atoms with van der Waals surface area (Å²) in [6.45, 7) is 4.02. The van der Waals surface area contributed by atoms with E-state index in [1.807, 2.05) is 39.2 Å². The smallest absolute Gasteiger partial charge is 0.221 e. The summed E-state index contributed by atoms with van der Waals surface area (Å²) in [6.07, 6.45) is 1.75. The second-order valence-corrected chi connectivity index (χ2v) is 4.29. The minimum absolute atomic E-state index is 0.267. The first kappa shape index (κ1) is 12.6. The number of hydrogen-bond acceptors (Lipinski definition) is 4. The van der Waals surface area contributed by atoms with Crippen molar-refractivity contribution >= 4 is 0 Å². The van der Waals surface area contributed by atoms with Crippen LogP contribution in [0.5, 0.6) is 11.8 Å². The van der Waals surface area contributed by atoms with E-state index in [0.717, 1.165) is 11.3 Å². The van der Waals surface area contributed by atoms with Gasteiger partial charge in [0.2, 0.25) is 11.8 Å². The number of pyridine rings is 1. The van der Waals surface area contributed by atoms with Crippen LogP contribution in [0, 0.1) is 6.92 Å². The predicted molar refractivity (Wildman–Crippen MR) is 69.7 cm³/mol. The highest BCUT2D eigenvalue weighted by Crippen LogP contribution is 2.22. The Kier molecular flexibility index (Phi) is 3.62. The number of aryl methyl sites for hydroxylation is 2. The minimum atomic E-state index is 0.267. The molecule has 2 aromatic heterocycles. The van der Waals surface area contributed by atoms with Crippen LogP contribution in [0.3, 0.4) is 0 Å². The molecule has 0 radical (unpaired) electrons. The fourth-order valence-corrected chi connectivity index (χ4v) is 1.71. The molecule has 0 aliphatic carbocycles. The van der Waals surface area contributed by atoms with Crippen LogP contribution in [0.2, 0.25) is 0 Å². The van der Waals surface area contributed by atoms with Crippen LogP contribution >= 0.6 is 0 Å². The molecule has 0 aliphatic rings. The van der Waals surface area contributed by atoms with Crippen molar-refractivity contribution in [2.75, 3.05) is 7.05 Å². The van der Waals surface area contributed by atoms with Crippen molar-refractivity contribution in [1.82, 2.24) is 20.1 Å². The van der Waals surface area contributed by atoms with Gasteiger partial charge < -0.3 is 10.1 Å².